The molecule has 2 N–H and O–H groups in total. The summed E-state index contributed by atoms with van der Waals surface area (Å²) >= 11 is 0. The third-order valence-corrected chi connectivity index (χ3v) is 3.30. The average Bonchev–Trinajstić information content (AvgIpc) is 2.54. The molecule has 2 aromatic rings. The van der Waals surface area contributed by atoms with Gasteiger partial charge in [-0.25, -0.2) is 4.98 Å². The lowest BCUT2D eigenvalue weighted by atomic mass is 9.99. The minimum absolute atomic E-state index is 0.203. The van der Waals surface area contributed by atoms with E-state index in [9.17, 15) is 0 Å². The zero-order valence-electron chi connectivity index (χ0n) is 12.5. The van der Waals surface area contributed by atoms with Gasteiger partial charge in [0.2, 0.25) is 5.88 Å². The predicted molar refractivity (Wildman–Crippen MR) is 81.0 cm³/mol. The van der Waals surface area contributed by atoms with Crippen LogP contribution in [-0.2, 0) is 6.42 Å². The molecule has 2 rings (SSSR count). The van der Waals surface area contributed by atoms with Crippen molar-refractivity contribution in [2.45, 2.75) is 12.5 Å². The topological polar surface area (TPSA) is 66.6 Å². The van der Waals surface area contributed by atoms with Gasteiger partial charge in [0.25, 0.3) is 0 Å². The number of methoxy groups -OCH3 is 3. The predicted octanol–water partition coefficient (Wildman–Crippen LogP) is 2.35. The number of ether oxygens (including phenoxy) is 3. The zero-order valence-corrected chi connectivity index (χ0v) is 12.5. The molecule has 0 aliphatic heterocycles. The van der Waals surface area contributed by atoms with Crippen LogP contribution in [0.5, 0.6) is 17.4 Å². The molecule has 21 heavy (non-hydrogen) atoms. The van der Waals surface area contributed by atoms with Crippen LogP contribution in [0.25, 0.3) is 0 Å². The van der Waals surface area contributed by atoms with Gasteiger partial charge in [0.1, 0.15) is 11.5 Å². The standard InChI is InChI=1S/C16H20N2O3/c1-19-12-5-6-15(20-2)13(9-12)14(17)8-11-4-7-16(21-3)18-10-11/h4-7,9-10,14H,8,17H2,1-3H3. The second kappa shape index (κ2) is 6.95. The Morgan fingerprint density at radius 3 is 2.43 bits per heavy atom. The maximum absolute atomic E-state index is 6.30. The molecule has 1 aromatic heterocycles. The number of nitrogens with two attached hydrogens (primary N) is 1. The Hall–Kier alpha value is -2.27. The molecule has 0 aliphatic carbocycles. The number of benzene rings is 1. The van der Waals surface area contributed by atoms with Crippen LogP contribution in [0.3, 0.4) is 0 Å². The van der Waals surface area contributed by atoms with E-state index in [-0.39, 0.29) is 6.04 Å². The van der Waals surface area contributed by atoms with E-state index < -0.39 is 0 Å². The third kappa shape index (κ3) is 3.64. The van der Waals surface area contributed by atoms with Crippen molar-refractivity contribution in [1.29, 1.82) is 0 Å². The van der Waals surface area contributed by atoms with Gasteiger partial charge < -0.3 is 19.9 Å². The number of nitrogens with zero attached hydrogens (tertiary/aromatic N) is 1. The monoisotopic (exact) mass is 288 g/mol. The highest BCUT2D eigenvalue weighted by molar-refractivity contribution is 5.42. The van der Waals surface area contributed by atoms with Crippen molar-refractivity contribution in [3.05, 3.63) is 47.7 Å². The summed E-state index contributed by atoms with van der Waals surface area (Å²) in [6.07, 6.45) is 2.42. The van der Waals surface area contributed by atoms with Crippen LogP contribution < -0.4 is 19.9 Å². The summed E-state index contributed by atoms with van der Waals surface area (Å²) in [5, 5.41) is 0. The molecule has 5 nitrogen and oxygen atoms in total. The Morgan fingerprint density at radius 2 is 1.86 bits per heavy atom. The van der Waals surface area contributed by atoms with Crippen LogP contribution in [0, 0.1) is 0 Å². The Labute approximate surface area is 124 Å². The lowest BCUT2D eigenvalue weighted by molar-refractivity contribution is 0.394. The van der Waals surface area contributed by atoms with E-state index in [1.165, 1.54) is 0 Å². The van der Waals surface area contributed by atoms with Gasteiger partial charge in [-0.15, -0.1) is 0 Å². The lowest BCUT2D eigenvalue weighted by Crippen LogP contribution is -2.14. The van der Waals surface area contributed by atoms with Crippen molar-refractivity contribution in [2.75, 3.05) is 21.3 Å². The van der Waals surface area contributed by atoms with E-state index in [0.29, 0.717) is 12.3 Å². The molecule has 0 fully saturated rings. The van der Waals surface area contributed by atoms with E-state index in [4.69, 9.17) is 19.9 Å². The lowest BCUT2D eigenvalue weighted by Gasteiger charge is -2.17. The van der Waals surface area contributed by atoms with E-state index in [1.54, 1.807) is 27.5 Å². The quantitative estimate of drug-likeness (QED) is 0.883. The summed E-state index contributed by atoms with van der Waals surface area (Å²) in [7, 11) is 4.85. The Kier molecular flexibility index (Phi) is 5.00. The summed E-state index contributed by atoms with van der Waals surface area (Å²) in [4.78, 5) is 4.19. The second-order valence-electron chi connectivity index (χ2n) is 4.63. The first kappa shape index (κ1) is 15.1. The minimum atomic E-state index is -0.203. The molecular formula is C16H20N2O3. The van der Waals surface area contributed by atoms with E-state index in [2.05, 4.69) is 4.98 Å². The maximum atomic E-state index is 6.30. The van der Waals surface area contributed by atoms with Crippen LogP contribution in [0.1, 0.15) is 17.2 Å². The normalized spacial score (nSPS) is 11.8. The number of aromatic nitrogens is 1. The molecule has 1 atom stereocenters. The molecule has 1 aromatic carbocycles. The van der Waals surface area contributed by atoms with Crippen LogP contribution in [-0.4, -0.2) is 26.3 Å². The summed E-state index contributed by atoms with van der Waals surface area (Å²) in [5.41, 5.74) is 8.25. The van der Waals surface area contributed by atoms with Crippen LogP contribution in [0.2, 0.25) is 0 Å². The largest absolute Gasteiger partial charge is 0.497 e. The SMILES string of the molecule is COc1ccc(OC)c(C(N)Cc2ccc(OC)nc2)c1. The van der Waals surface area contributed by atoms with Crippen LogP contribution in [0.15, 0.2) is 36.5 Å². The van der Waals surface area contributed by atoms with Gasteiger partial charge in [-0.3, -0.25) is 0 Å². The molecule has 1 unspecified atom stereocenters. The molecule has 0 saturated carbocycles. The van der Waals surface area contributed by atoms with Crippen molar-refractivity contribution < 1.29 is 14.2 Å². The number of rotatable bonds is 6. The summed E-state index contributed by atoms with van der Waals surface area (Å²) < 4.78 is 15.7. The number of hydrogen-bond donors (Lipinski definition) is 1. The molecule has 0 radical (unpaired) electrons. The van der Waals surface area contributed by atoms with Crippen molar-refractivity contribution in [1.82, 2.24) is 4.98 Å². The van der Waals surface area contributed by atoms with Crippen molar-refractivity contribution in [2.24, 2.45) is 5.73 Å². The molecular weight excluding hydrogens is 268 g/mol. The van der Waals surface area contributed by atoms with Crippen molar-refractivity contribution in [3.8, 4) is 17.4 Å². The highest BCUT2D eigenvalue weighted by atomic mass is 16.5. The van der Waals surface area contributed by atoms with E-state index in [1.807, 2.05) is 30.3 Å². The van der Waals surface area contributed by atoms with E-state index >= 15 is 0 Å². The highest BCUT2D eigenvalue weighted by Crippen LogP contribution is 2.30. The molecule has 1 heterocycles. The first-order chi connectivity index (χ1) is 10.2. The zero-order chi connectivity index (χ0) is 15.2. The third-order valence-electron chi connectivity index (χ3n) is 3.30. The smallest absolute Gasteiger partial charge is 0.212 e. The fourth-order valence-electron chi connectivity index (χ4n) is 2.15. The summed E-state index contributed by atoms with van der Waals surface area (Å²) in [6, 6.07) is 9.19. The van der Waals surface area contributed by atoms with Crippen LogP contribution in [0.4, 0.5) is 0 Å². The van der Waals surface area contributed by atoms with Gasteiger partial charge in [-0.2, -0.15) is 0 Å². The Balaban J connectivity index is 2.20. The summed E-state index contributed by atoms with van der Waals surface area (Å²) in [5.74, 6) is 2.10. The molecule has 5 heteroatoms. The van der Waals surface area contributed by atoms with Gasteiger partial charge >= 0.3 is 0 Å². The molecule has 0 saturated heterocycles. The molecule has 0 aliphatic rings. The Bertz CT molecular complexity index is 585. The first-order valence-corrected chi connectivity index (χ1v) is 6.64. The minimum Gasteiger partial charge on any atom is -0.497 e. The van der Waals surface area contributed by atoms with Gasteiger partial charge in [0.15, 0.2) is 0 Å². The maximum Gasteiger partial charge on any atom is 0.212 e. The molecule has 0 spiro atoms. The Morgan fingerprint density at radius 1 is 1.05 bits per heavy atom. The number of hydrogen-bond acceptors (Lipinski definition) is 5. The number of pyridine rings is 1. The van der Waals surface area contributed by atoms with Crippen molar-refractivity contribution >= 4 is 0 Å². The second-order valence-corrected chi connectivity index (χ2v) is 4.63. The van der Waals surface area contributed by atoms with Gasteiger partial charge in [0, 0.05) is 23.9 Å². The van der Waals surface area contributed by atoms with E-state index in [0.717, 1.165) is 22.6 Å². The first-order valence-electron chi connectivity index (χ1n) is 6.64. The fraction of sp³-hybridized carbons (Fsp3) is 0.312. The van der Waals surface area contributed by atoms with Gasteiger partial charge in [0.05, 0.1) is 21.3 Å². The van der Waals surface area contributed by atoms with Gasteiger partial charge in [-0.1, -0.05) is 6.07 Å². The molecule has 0 bridgehead atoms. The van der Waals surface area contributed by atoms with Crippen molar-refractivity contribution in [3.63, 3.8) is 0 Å². The summed E-state index contributed by atoms with van der Waals surface area (Å²) in [6.45, 7) is 0. The highest BCUT2D eigenvalue weighted by Gasteiger charge is 2.14. The fourth-order valence-corrected chi connectivity index (χ4v) is 2.15. The van der Waals surface area contributed by atoms with Crippen LogP contribution >= 0.6 is 0 Å². The molecule has 0 amide bonds. The van der Waals surface area contributed by atoms with Gasteiger partial charge in [-0.05, 0) is 30.2 Å². The average molecular weight is 288 g/mol. The molecule has 112 valence electrons.